The predicted octanol–water partition coefficient (Wildman–Crippen LogP) is 4.41. The zero-order valence-corrected chi connectivity index (χ0v) is 18.4. The Morgan fingerprint density at radius 1 is 1.14 bits per heavy atom. The monoisotopic (exact) mass is 442 g/mol. The van der Waals surface area contributed by atoms with Crippen molar-refractivity contribution < 1.29 is 13.2 Å². The molecule has 152 valence electrons. The number of hydrogen-bond donors (Lipinski definition) is 1. The highest BCUT2D eigenvalue weighted by Crippen LogP contribution is 2.25. The number of nitrogens with zero attached hydrogens (tertiary/aromatic N) is 1. The summed E-state index contributed by atoms with van der Waals surface area (Å²) in [6, 6.07) is 11.3. The SMILES string of the molecule is CC[C@H](C)NC(=O)CN(Cc1ccc(Cl)cc1Cl)S(=O)(=O)c1ccc(C)cc1. The predicted molar refractivity (Wildman–Crippen MR) is 113 cm³/mol. The molecule has 0 aliphatic carbocycles. The molecule has 2 aromatic rings. The van der Waals surface area contributed by atoms with Gasteiger partial charge < -0.3 is 5.32 Å². The van der Waals surface area contributed by atoms with Crippen LogP contribution >= 0.6 is 23.2 Å². The highest BCUT2D eigenvalue weighted by Gasteiger charge is 2.27. The number of hydrogen-bond acceptors (Lipinski definition) is 3. The largest absolute Gasteiger partial charge is 0.353 e. The number of rotatable bonds is 8. The quantitative estimate of drug-likeness (QED) is 0.658. The minimum atomic E-state index is -3.90. The van der Waals surface area contributed by atoms with Crippen molar-refractivity contribution >= 4 is 39.1 Å². The molecule has 0 radical (unpaired) electrons. The zero-order valence-electron chi connectivity index (χ0n) is 16.1. The molecule has 0 saturated heterocycles. The summed E-state index contributed by atoms with van der Waals surface area (Å²) in [5.41, 5.74) is 1.51. The van der Waals surface area contributed by atoms with Crippen LogP contribution in [-0.4, -0.2) is 31.2 Å². The van der Waals surface area contributed by atoms with Crippen molar-refractivity contribution in [2.45, 2.75) is 44.7 Å². The molecule has 0 aliphatic rings. The van der Waals surface area contributed by atoms with E-state index in [-0.39, 0.29) is 29.9 Å². The minimum absolute atomic E-state index is 0.0415. The first-order chi connectivity index (χ1) is 13.1. The molecular formula is C20H24Cl2N2O3S. The number of benzene rings is 2. The van der Waals surface area contributed by atoms with Gasteiger partial charge in [0.05, 0.1) is 11.4 Å². The van der Waals surface area contributed by atoms with E-state index < -0.39 is 10.0 Å². The fraction of sp³-hybridized carbons (Fsp3) is 0.350. The van der Waals surface area contributed by atoms with Gasteiger partial charge in [-0.05, 0) is 50.1 Å². The average Bonchev–Trinajstić information content (AvgIpc) is 2.63. The van der Waals surface area contributed by atoms with Crippen molar-refractivity contribution in [1.29, 1.82) is 0 Å². The van der Waals surface area contributed by atoms with Gasteiger partial charge in [-0.3, -0.25) is 4.79 Å². The highest BCUT2D eigenvalue weighted by atomic mass is 35.5. The number of amides is 1. The molecule has 1 N–H and O–H groups in total. The van der Waals surface area contributed by atoms with Crippen molar-refractivity contribution in [3.05, 3.63) is 63.6 Å². The molecule has 8 heteroatoms. The van der Waals surface area contributed by atoms with Gasteiger partial charge in [0, 0.05) is 22.6 Å². The standard InChI is InChI=1S/C20H24Cl2N2O3S/c1-4-15(3)23-20(25)13-24(12-16-7-8-17(21)11-19(16)22)28(26,27)18-9-5-14(2)6-10-18/h5-11,15H,4,12-13H2,1-3H3,(H,23,25)/t15-/m0/s1. The molecule has 0 aliphatic heterocycles. The van der Waals surface area contributed by atoms with Crippen LogP contribution in [-0.2, 0) is 21.4 Å². The number of carbonyl (C=O) groups is 1. The zero-order chi connectivity index (χ0) is 20.9. The molecule has 0 heterocycles. The third-order valence-corrected chi connectivity index (χ3v) is 6.75. The number of sulfonamides is 1. The van der Waals surface area contributed by atoms with Gasteiger partial charge in [0.2, 0.25) is 15.9 Å². The molecule has 1 amide bonds. The first kappa shape index (κ1) is 22.7. The lowest BCUT2D eigenvalue weighted by Crippen LogP contribution is -2.43. The maximum atomic E-state index is 13.2. The molecule has 0 fully saturated rings. The topological polar surface area (TPSA) is 66.5 Å². The van der Waals surface area contributed by atoms with Crippen molar-refractivity contribution in [1.82, 2.24) is 9.62 Å². The number of nitrogens with one attached hydrogen (secondary N) is 1. The van der Waals surface area contributed by atoms with E-state index in [0.717, 1.165) is 16.3 Å². The molecule has 5 nitrogen and oxygen atoms in total. The third-order valence-electron chi connectivity index (χ3n) is 4.36. The lowest BCUT2D eigenvalue weighted by molar-refractivity contribution is -0.122. The Morgan fingerprint density at radius 3 is 2.36 bits per heavy atom. The van der Waals surface area contributed by atoms with Crippen LogP contribution in [0.25, 0.3) is 0 Å². The van der Waals surface area contributed by atoms with E-state index in [1.54, 1.807) is 30.3 Å². The number of carbonyl (C=O) groups excluding carboxylic acids is 1. The normalized spacial score (nSPS) is 12.8. The third kappa shape index (κ3) is 5.95. The molecule has 0 aromatic heterocycles. The summed E-state index contributed by atoms with van der Waals surface area (Å²) in [5.74, 6) is -0.366. The first-order valence-corrected chi connectivity index (χ1v) is 11.1. The second kappa shape index (κ2) is 9.74. The summed E-state index contributed by atoms with van der Waals surface area (Å²) >= 11 is 12.2. The van der Waals surface area contributed by atoms with Crippen molar-refractivity contribution in [2.75, 3.05) is 6.54 Å². The molecular weight excluding hydrogens is 419 g/mol. The maximum absolute atomic E-state index is 13.2. The van der Waals surface area contributed by atoms with Gasteiger partial charge in [-0.2, -0.15) is 4.31 Å². The highest BCUT2D eigenvalue weighted by molar-refractivity contribution is 7.89. The maximum Gasteiger partial charge on any atom is 0.243 e. The van der Waals surface area contributed by atoms with Gasteiger partial charge >= 0.3 is 0 Å². The van der Waals surface area contributed by atoms with E-state index in [1.807, 2.05) is 20.8 Å². The van der Waals surface area contributed by atoms with E-state index in [2.05, 4.69) is 5.32 Å². The molecule has 2 aromatic carbocycles. The Morgan fingerprint density at radius 2 is 1.79 bits per heavy atom. The van der Waals surface area contributed by atoms with Crippen LogP contribution in [0.5, 0.6) is 0 Å². The Hall–Kier alpha value is -1.60. The fourth-order valence-electron chi connectivity index (χ4n) is 2.51. The fourth-order valence-corrected chi connectivity index (χ4v) is 4.35. The van der Waals surface area contributed by atoms with Crippen LogP contribution in [0, 0.1) is 6.92 Å². The van der Waals surface area contributed by atoms with Crippen molar-refractivity contribution in [3.63, 3.8) is 0 Å². The Balaban J connectivity index is 2.36. The van der Waals surface area contributed by atoms with E-state index in [4.69, 9.17) is 23.2 Å². The minimum Gasteiger partial charge on any atom is -0.353 e. The van der Waals surface area contributed by atoms with E-state index >= 15 is 0 Å². The van der Waals surface area contributed by atoms with Crippen molar-refractivity contribution in [2.24, 2.45) is 0 Å². The lowest BCUT2D eigenvalue weighted by atomic mass is 10.2. The van der Waals surface area contributed by atoms with Gasteiger partial charge in [0.25, 0.3) is 0 Å². The Bertz CT molecular complexity index is 931. The van der Waals surface area contributed by atoms with Crippen LogP contribution in [0.2, 0.25) is 10.0 Å². The van der Waals surface area contributed by atoms with E-state index in [9.17, 15) is 13.2 Å². The summed E-state index contributed by atoms with van der Waals surface area (Å²) in [4.78, 5) is 12.5. The van der Waals surface area contributed by atoms with Gasteiger partial charge in [0.1, 0.15) is 0 Å². The van der Waals surface area contributed by atoms with Crippen LogP contribution in [0.15, 0.2) is 47.4 Å². The van der Waals surface area contributed by atoms with Crippen LogP contribution in [0.4, 0.5) is 0 Å². The summed E-state index contributed by atoms with van der Waals surface area (Å²) in [7, 11) is -3.90. The lowest BCUT2D eigenvalue weighted by Gasteiger charge is -2.23. The molecule has 0 bridgehead atoms. The van der Waals surface area contributed by atoms with Crippen LogP contribution in [0.3, 0.4) is 0 Å². The number of halogens is 2. The summed E-state index contributed by atoms with van der Waals surface area (Å²) in [6.07, 6.45) is 0.749. The van der Waals surface area contributed by atoms with Gasteiger partial charge in [-0.15, -0.1) is 0 Å². The number of aryl methyl sites for hydroxylation is 1. The van der Waals surface area contributed by atoms with Crippen LogP contribution in [0.1, 0.15) is 31.4 Å². The summed E-state index contributed by atoms with van der Waals surface area (Å²) < 4.78 is 27.5. The van der Waals surface area contributed by atoms with Gasteiger partial charge in [-0.1, -0.05) is 53.9 Å². The van der Waals surface area contributed by atoms with Crippen molar-refractivity contribution in [3.8, 4) is 0 Å². The first-order valence-electron chi connectivity index (χ1n) is 8.93. The van der Waals surface area contributed by atoms with Gasteiger partial charge in [-0.25, -0.2) is 8.42 Å². The van der Waals surface area contributed by atoms with Crippen LogP contribution < -0.4 is 5.32 Å². The van der Waals surface area contributed by atoms with E-state index in [1.165, 1.54) is 12.1 Å². The molecule has 2 rings (SSSR count). The molecule has 1 atom stereocenters. The molecule has 28 heavy (non-hydrogen) atoms. The smallest absolute Gasteiger partial charge is 0.243 e. The molecule has 0 spiro atoms. The second-order valence-corrected chi connectivity index (χ2v) is 9.48. The molecule has 0 saturated carbocycles. The summed E-state index contributed by atoms with van der Waals surface area (Å²) in [5, 5.41) is 3.60. The Kier molecular flexibility index (Phi) is 7.89. The summed E-state index contributed by atoms with van der Waals surface area (Å²) in [6.45, 7) is 5.34. The Labute approximate surface area is 176 Å². The van der Waals surface area contributed by atoms with E-state index in [0.29, 0.717) is 15.6 Å². The van der Waals surface area contributed by atoms with Gasteiger partial charge in [0.15, 0.2) is 0 Å². The molecule has 0 unspecified atom stereocenters. The average molecular weight is 443 g/mol. The second-order valence-electron chi connectivity index (χ2n) is 6.70.